The van der Waals surface area contributed by atoms with Crippen LogP contribution in [0.1, 0.15) is 16.1 Å². The number of anilines is 1. The van der Waals surface area contributed by atoms with Crippen molar-refractivity contribution in [1.29, 1.82) is 0 Å². The predicted molar refractivity (Wildman–Crippen MR) is 98.3 cm³/mol. The molecule has 0 radical (unpaired) electrons. The minimum Gasteiger partial charge on any atom is -0.451 e. The quantitative estimate of drug-likeness (QED) is 0.566. The van der Waals surface area contributed by atoms with Gasteiger partial charge in [-0.3, -0.25) is 4.79 Å². The van der Waals surface area contributed by atoms with Gasteiger partial charge in [-0.15, -0.1) is 0 Å². The fraction of sp³-hybridized carbons (Fsp3) is 0.0556. The average Bonchev–Trinajstić information content (AvgIpc) is 3.04. The molecule has 3 nitrogen and oxygen atoms in total. The smallest absolute Gasteiger partial charge is 0.291 e. The number of benzene rings is 2. The molecular weight excluding hydrogens is 369 g/mol. The Labute approximate surface area is 154 Å². The zero-order valence-electron chi connectivity index (χ0n) is 12.6. The van der Waals surface area contributed by atoms with Crippen molar-refractivity contribution in [2.45, 2.75) is 6.92 Å². The molecule has 0 aliphatic heterocycles. The normalized spacial score (nSPS) is 10.7. The van der Waals surface area contributed by atoms with Crippen molar-refractivity contribution >= 4 is 46.4 Å². The third kappa shape index (κ3) is 3.29. The number of rotatable bonds is 3. The van der Waals surface area contributed by atoms with E-state index in [0.717, 1.165) is 5.56 Å². The molecule has 6 heteroatoms. The second-order valence-corrected chi connectivity index (χ2v) is 6.32. The topological polar surface area (TPSA) is 42.2 Å². The van der Waals surface area contributed by atoms with Crippen molar-refractivity contribution in [3.63, 3.8) is 0 Å². The molecule has 0 spiro atoms. The van der Waals surface area contributed by atoms with E-state index in [2.05, 4.69) is 5.32 Å². The first-order valence-electron chi connectivity index (χ1n) is 7.08. The first-order valence-corrected chi connectivity index (χ1v) is 8.21. The Bertz CT molecular complexity index is 918. The number of hydrogen-bond acceptors (Lipinski definition) is 2. The molecule has 122 valence electrons. The number of amides is 1. The van der Waals surface area contributed by atoms with Gasteiger partial charge in [-0.05, 0) is 48.9 Å². The van der Waals surface area contributed by atoms with Crippen LogP contribution < -0.4 is 5.32 Å². The second kappa shape index (κ2) is 6.89. The fourth-order valence-electron chi connectivity index (χ4n) is 2.23. The van der Waals surface area contributed by atoms with Crippen LogP contribution in [0.5, 0.6) is 0 Å². The number of hydrogen-bond donors (Lipinski definition) is 1. The van der Waals surface area contributed by atoms with Gasteiger partial charge in [0, 0.05) is 16.3 Å². The van der Waals surface area contributed by atoms with E-state index in [4.69, 9.17) is 39.2 Å². The van der Waals surface area contributed by atoms with Crippen LogP contribution in [0.2, 0.25) is 15.1 Å². The molecule has 0 atom stereocenters. The van der Waals surface area contributed by atoms with Crippen LogP contribution in [0.4, 0.5) is 5.69 Å². The maximum Gasteiger partial charge on any atom is 0.291 e. The molecule has 0 bridgehead atoms. The van der Waals surface area contributed by atoms with E-state index in [-0.39, 0.29) is 11.7 Å². The van der Waals surface area contributed by atoms with Crippen LogP contribution in [0.15, 0.2) is 52.9 Å². The molecule has 3 aromatic rings. The number of carbonyl (C=O) groups excluding carboxylic acids is 1. The van der Waals surface area contributed by atoms with E-state index >= 15 is 0 Å². The lowest BCUT2D eigenvalue weighted by molar-refractivity contribution is 0.0997. The highest BCUT2D eigenvalue weighted by Gasteiger charge is 2.16. The Kier molecular flexibility index (Phi) is 4.86. The van der Waals surface area contributed by atoms with Gasteiger partial charge in [0.05, 0.1) is 10.0 Å². The summed E-state index contributed by atoms with van der Waals surface area (Å²) in [5, 5.41) is 4.17. The molecule has 1 amide bonds. The van der Waals surface area contributed by atoms with Crippen molar-refractivity contribution < 1.29 is 9.21 Å². The lowest BCUT2D eigenvalue weighted by Gasteiger charge is -2.08. The van der Waals surface area contributed by atoms with E-state index in [0.29, 0.717) is 32.1 Å². The van der Waals surface area contributed by atoms with Crippen molar-refractivity contribution in [2.24, 2.45) is 0 Å². The van der Waals surface area contributed by atoms with Crippen LogP contribution in [0, 0.1) is 6.92 Å². The van der Waals surface area contributed by atoms with E-state index in [1.807, 2.05) is 6.92 Å². The fourth-order valence-corrected chi connectivity index (χ4v) is 2.79. The summed E-state index contributed by atoms with van der Waals surface area (Å²) in [7, 11) is 0. The van der Waals surface area contributed by atoms with Gasteiger partial charge in [-0.25, -0.2) is 0 Å². The summed E-state index contributed by atoms with van der Waals surface area (Å²) in [6.07, 6.45) is 0. The number of carbonyl (C=O) groups is 1. The third-order valence-corrected chi connectivity index (χ3v) is 4.79. The molecule has 0 saturated heterocycles. The molecule has 0 unspecified atom stereocenters. The van der Waals surface area contributed by atoms with Gasteiger partial charge in [0.15, 0.2) is 5.76 Å². The molecule has 0 saturated carbocycles. The summed E-state index contributed by atoms with van der Waals surface area (Å²) >= 11 is 18.2. The minimum absolute atomic E-state index is 0.167. The molecular formula is C18H12Cl3NO2. The standard InChI is InChI=1S/C18H12Cl3NO2/c1-10-12(19)5-3-7-14(10)22-18(23)16-9-8-15(24-16)11-4-2-6-13(20)17(11)21/h2-9H,1H3,(H,22,23). The van der Waals surface area contributed by atoms with Gasteiger partial charge < -0.3 is 9.73 Å². The summed E-state index contributed by atoms with van der Waals surface area (Å²) in [5.74, 6) is 0.264. The summed E-state index contributed by atoms with van der Waals surface area (Å²) in [6.45, 7) is 1.83. The zero-order valence-corrected chi connectivity index (χ0v) is 14.8. The first-order chi connectivity index (χ1) is 11.5. The second-order valence-electron chi connectivity index (χ2n) is 5.13. The Hall–Kier alpha value is -1.94. The van der Waals surface area contributed by atoms with Crippen molar-refractivity contribution in [3.05, 3.63) is 74.9 Å². The summed E-state index contributed by atoms with van der Waals surface area (Å²) < 4.78 is 5.62. The molecule has 2 aromatic carbocycles. The maximum absolute atomic E-state index is 12.4. The molecule has 24 heavy (non-hydrogen) atoms. The maximum atomic E-state index is 12.4. The van der Waals surface area contributed by atoms with E-state index in [1.165, 1.54) is 0 Å². The van der Waals surface area contributed by atoms with Crippen LogP contribution in [0.25, 0.3) is 11.3 Å². The highest BCUT2D eigenvalue weighted by atomic mass is 35.5. The highest BCUT2D eigenvalue weighted by Crippen LogP contribution is 2.34. The third-order valence-electron chi connectivity index (χ3n) is 3.56. The van der Waals surface area contributed by atoms with E-state index in [1.54, 1.807) is 48.5 Å². The van der Waals surface area contributed by atoms with Gasteiger partial charge in [0.25, 0.3) is 5.91 Å². The summed E-state index contributed by atoms with van der Waals surface area (Å²) in [5.41, 5.74) is 2.05. The Balaban J connectivity index is 1.86. The van der Waals surface area contributed by atoms with Gasteiger partial charge in [0.2, 0.25) is 0 Å². The lowest BCUT2D eigenvalue weighted by atomic mass is 10.2. The predicted octanol–water partition coefficient (Wildman–Crippen LogP) is 6.47. The van der Waals surface area contributed by atoms with E-state index < -0.39 is 0 Å². The lowest BCUT2D eigenvalue weighted by Crippen LogP contribution is -2.11. The average molecular weight is 381 g/mol. The summed E-state index contributed by atoms with van der Waals surface area (Å²) in [6, 6.07) is 13.8. The SMILES string of the molecule is Cc1c(Cl)cccc1NC(=O)c1ccc(-c2cccc(Cl)c2Cl)o1. The Morgan fingerprint density at radius 1 is 0.958 bits per heavy atom. The van der Waals surface area contributed by atoms with Crippen LogP contribution in [-0.2, 0) is 0 Å². The molecule has 3 rings (SSSR count). The zero-order chi connectivity index (χ0) is 17.3. The van der Waals surface area contributed by atoms with Crippen LogP contribution in [-0.4, -0.2) is 5.91 Å². The van der Waals surface area contributed by atoms with Crippen LogP contribution in [0.3, 0.4) is 0 Å². The number of furan rings is 1. The van der Waals surface area contributed by atoms with Gasteiger partial charge >= 0.3 is 0 Å². The largest absolute Gasteiger partial charge is 0.451 e. The minimum atomic E-state index is -0.371. The number of halogens is 3. The molecule has 1 aromatic heterocycles. The molecule has 0 aliphatic carbocycles. The van der Waals surface area contributed by atoms with Gasteiger partial charge in [-0.1, -0.05) is 46.9 Å². The molecule has 1 heterocycles. The molecule has 0 fully saturated rings. The summed E-state index contributed by atoms with van der Waals surface area (Å²) in [4.78, 5) is 12.4. The number of nitrogens with one attached hydrogen (secondary N) is 1. The van der Waals surface area contributed by atoms with Crippen molar-refractivity contribution in [1.82, 2.24) is 0 Å². The Morgan fingerprint density at radius 3 is 2.46 bits per heavy atom. The van der Waals surface area contributed by atoms with E-state index in [9.17, 15) is 4.79 Å². The molecule has 1 N–H and O–H groups in total. The van der Waals surface area contributed by atoms with Crippen molar-refractivity contribution in [2.75, 3.05) is 5.32 Å². The van der Waals surface area contributed by atoms with Gasteiger partial charge in [0.1, 0.15) is 5.76 Å². The molecule has 0 aliphatic rings. The first kappa shape index (κ1) is 16.9. The Morgan fingerprint density at radius 2 is 1.67 bits per heavy atom. The van der Waals surface area contributed by atoms with Gasteiger partial charge in [-0.2, -0.15) is 0 Å². The monoisotopic (exact) mass is 379 g/mol. The highest BCUT2D eigenvalue weighted by molar-refractivity contribution is 6.43. The van der Waals surface area contributed by atoms with Crippen molar-refractivity contribution in [3.8, 4) is 11.3 Å². The van der Waals surface area contributed by atoms with Crippen LogP contribution >= 0.6 is 34.8 Å².